The van der Waals surface area contributed by atoms with E-state index in [2.05, 4.69) is 36.6 Å². The van der Waals surface area contributed by atoms with Gasteiger partial charge < -0.3 is 14.5 Å². The molecule has 2 aromatic heterocycles. The number of hydrogen-bond donors (Lipinski definition) is 1. The Morgan fingerprint density at radius 3 is 2.82 bits per heavy atom. The summed E-state index contributed by atoms with van der Waals surface area (Å²) in [5, 5.41) is 13.0. The highest BCUT2D eigenvalue weighted by Gasteiger charge is 2.27. The van der Waals surface area contributed by atoms with Gasteiger partial charge in [-0.15, -0.1) is 22.6 Å². The van der Waals surface area contributed by atoms with Crippen molar-refractivity contribution in [1.29, 1.82) is 0 Å². The Balaban J connectivity index is 0.00000192. The van der Waals surface area contributed by atoms with Gasteiger partial charge in [-0.25, -0.2) is 4.98 Å². The Morgan fingerprint density at radius 2 is 2.00 bits per heavy atom. The quantitative estimate of drug-likeness (QED) is 0.703. The number of aromatic nitrogens is 5. The van der Waals surface area contributed by atoms with Gasteiger partial charge in [0.25, 0.3) is 0 Å². The van der Waals surface area contributed by atoms with Gasteiger partial charge in [0.05, 0.1) is 24.1 Å². The number of likely N-dealkylation sites (tertiary alicyclic amines) is 1. The molecule has 0 amide bonds. The molecule has 0 unspecified atom stereocenters. The highest BCUT2D eigenvalue weighted by Crippen LogP contribution is 2.29. The Hall–Kier alpha value is -1.67. The molecule has 0 spiro atoms. The summed E-state index contributed by atoms with van der Waals surface area (Å²) in [5.74, 6) is 3.87. The number of rotatable bonds is 3. The minimum atomic E-state index is 0. The molecule has 1 aromatic carbocycles. The summed E-state index contributed by atoms with van der Waals surface area (Å²) in [6.07, 6.45) is 2.25. The molecule has 1 saturated heterocycles. The second-order valence-electron chi connectivity index (χ2n) is 7.57. The molecule has 4 heterocycles. The summed E-state index contributed by atoms with van der Waals surface area (Å²) in [4.78, 5) is 7.29. The second-order valence-corrected chi connectivity index (χ2v) is 8.01. The maximum absolute atomic E-state index is 6.11. The fraction of sp³-hybridized carbons (Fsp3) is 0.526. The van der Waals surface area contributed by atoms with Crippen molar-refractivity contribution in [1.82, 2.24) is 34.5 Å². The number of piperidine rings is 1. The molecule has 7 nitrogen and oxygen atoms in total. The van der Waals surface area contributed by atoms with Crippen LogP contribution in [-0.2, 0) is 26.7 Å². The van der Waals surface area contributed by atoms with Crippen LogP contribution in [0.5, 0.6) is 0 Å². The zero-order valence-corrected chi connectivity index (χ0v) is 17.5. The first-order valence-electron chi connectivity index (χ1n) is 9.65. The molecule has 0 bridgehead atoms. The third kappa shape index (κ3) is 3.52. The van der Waals surface area contributed by atoms with E-state index in [1.165, 1.54) is 5.82 Å². The molecule has 28 heavy (non-hydrogen) atoms. The summed E-state index contributed by atoms with van der Waals surface area (Å²) < 4.78 is 4.51. The van der Waals surface area contributed by atoms with Crippen molar-refractivity contribution in [3.8, 4) is 0 Å². The molecule has 0 atom stereocenters. The lowest BCUT2D eigenvalue weighted by Crippen LogP contribution is -2.35. The first-order chi connectivity index (χ1) is 13.2. The fourth-order valence-corrected chi connectivity index (χ4v) is 4.50. The van der Waals surface area contributed by atoms with E-state index in [0.29, 0.717) is 5.92 Å². The van der Waals surface area contributed by atoms with Crippen molar-refractivity contribution >= 4 is 35.0 Å². The predicted octanol–water partition coefficient (Wildman–Crippen LogP) is 2.72. The van der Waals surface area contributed by atoms with Crippen LogP contribution in [-0.4, -0.2) is 48.8 Å². The molecule has 5 rings (SSSR count). The molecule has 2 aliphatic rings. The lowest BCUT2D eigenvalue weighted by Gasteiger charge is -2.31. The van der Waals surface area contributed by atoms with Crippen molar-refractivity contribution in [2.24, 2.45) is 7.05 Å². The van der Waals surface area contributed by atoms with E-state index >= 15 is 0 Å². The Morgan fingerprint density at radius 1 is 1.18 bits per heavy atom. The topological polar surface area (TPSA) is 63.8 Å². The van der Waals surface area contributed by atoms with Crippen LogP contribution in [0.3, 0.4) is 0 Å². The number of fused-ring (bicyclic) bond motifs is 2. The van der Waals surface area contributed by atoms with Crippen molar-refractivity contribution in [2.75, 3.05) is 19.6 Å². The molecule has 150 valence electrons. The van der Waals surface area contributed by atoms with Crippen molar-refractivity contribution in [2.45, 2.75) is 38.4 Å². The van der Waals surface area contributed by atoms with Crippen LogP contribution < -0.4 is 5.32 Å². The Bertz CT molecular complexity index is 972. The highest BCUT2D eigenvalue weighted by atomic mass is 35.5. The van der Waals surface area contributed by atoms with E-state index in [1.54, 1.807) is 0 Å². The summed E-state index contributed by atoms with van der Waals surface area (Å²) in [6.45, 7) is 5.83. The van der Waals surface area contributed by atoms with Gasteiger partial charge >= 0.3 is 0 Å². The molecule has 3 aromatic rings. The van der Waals surface area contributed by atoms with E-state index in [-0.39, 0.29) is 12.4 Å². The van der Waals surface area contributed by atoms with Gasteiger partial charge in [0, 0.05) is 31.1 Å². The number of nitrogens with zero attached hydrogens (tertiary/aromatic N) is 6. The number of halogens is 2. The number of imidazole rings is 1. The molecule has 1 N–H and O–H groups in total. The maximum Gasteiger partial charge on any atom is 0.147 e. The van der Waals surface area contributed by atoms with Crippen LogP contribution in [0.1, 0.15) is 36.2 Å². The fourth-order valence-electron chi connectivity index (χ4n) is 4.33. The third-order valence-corrected chi connectivity index (χ3v) is 6.14. The van der Waals surface area contributed by atoms with Crippen LogP contribution in [0.15, 0.2) is 18.2 Å². The Labute approximate surface area is 175 Å². The minimum absolute atomic E-state index is 0. The summed E-state index contributed by atoms with van der Waals surface area (Å²) in [5.41, 5.74) is 2.10. The molecule has 2 aliphatic heterocycles. The molecule has 9 heteroatoms. The highest BCUT2D eigenvalue weighted by molar-refractivity contribution is 6.31. The average molecular weight is 422 g/mol. The van der Waals surface area contributed by atoms with Crippen LogP contribution >= 0.6 is 24.0 Å². The van der Waals surface area contributed by atoms with Crippen molar-refractivity contribution < 1.29 is 0 Å². The number of nitrogens with one attached hydrogen (secondary N) is 1. The second kappa shape index (κ2) is 7.99. The largest absolute Gasteiger partial charge is 0.330 e. The molecular weight excluding hydrogens is 397 g/mol. The number of hydrogen-bond acceptors (Lipinski definition) is 5. The van der Waals surface area contributed by atoms with Gasteiger partial charge in [0.15, 0.2) is 0 Å². The van der Waals surface area contributed by atoms with Crippen molar-refractivity contribution in [3.63, 3.8) is 0 Å². The van der Waals surface area contributed by atoms with Crippen LogP contribution in [0.25, 0.3) is 11.0 Å². The minimum Gasteiger partial charge on any atom is -0.330 e. The molecule has 1 fully saturated rings. The predicted molar refractivity (Wildman–Crippen MR) is 112 cm³/mol. The third-order valence-electron chi connectivity index (χ3n) is 5.90. The summed E-state index contributed by atoms with van der Waals surface area (Å²) >= 11 is 6.11. The lowest BCUT2D eigenvalue weighted by molar-refractivity contribution is 0.194. The van der Waals surface area contributed by atoms with Gasteiger partial charge in [-0.05, 0) is 44.1 Å². The number of aryl methyl sites for hydroxylation is 1. The average Bonchev–Trinajstić information content (AvgIpc) is 3.24. The lowest BCUT2D eigenvalue weighted by atomic mass is 9.95. The Kier molecular flexibility index (Phi) is 5.60. The molecule has 0 radical (unpaired) electrons. The van der Waals surface area contributed by atoms with E-state index in [1.807, 2.05) is 18.2 Å². The van der Waals surface area contributed by atoms with Gasteiger partial charge in [0.2, 0.25) is 0 Å². The molecule has 0 saturated carbocycles. The van der Waals surface area contributed by atoms with E-state index in [9.17, 15) is 0 Å². The molecular formula is C19H25Cl2N7. The van der Waals surface area contributed by atoms with E-state index in [4.69, 9.17) is 16.6 Å². The van der Waals surface area contributed by atoms with Gasteiger partial charge in [0.1, 0.15) is 17.5 Å². The standard InChI is InChI=1S/C19H24ClN7.ClH/c1-25-16-3-2-14(20)10-15(16)22-18(25)12-26-7-4-13(5-8-26)19-24-23-17-11-21-6-9-27(17)19;/h2-3,10,13,21H,4-9,11-12H2,1H3;1H. The van der Waals surface area contributed by atoms with Crippen LogP contribution in [0, 0.1) is 0 Å². The zero-order valence-electron chi connectivity index (χ0n) is 15.9. The first kappa shape index (κ1) is 19.6. The van der Waals surface area contributed by atoms with Gasteiger partial charge in [-0.3, -0.25) is 4.90 Å². The van der Waals surface area contributed by atoms with E-state index < -0.39 is 0 Å². The smallest absolute Gasteiger partial charge is 0.147 e. The van der Waals surface area contributed by atoms with E-state index in [0.717, 1.165) is 79.8 Å². The first-order valence-corrected chi connectivity index (χ1v) is 10.0. The SMILES string of the molecule is Cl.Cn1c(CN2CCC(c3nnc4n3CCNC4)CC2)nc2cc(Cl)ccc21. The van der Waals surface area contributed by atoms with Gasteiger partial charge in [-0.1, -0.05) is 11.6 Å². The zero-order chi connectivity index (χ0) is 18.4. The van der Waals surface area contributed by atoms with Gasteiger partial charge in [-0.2, -0.15) is 0 Å². The van der Waals surface area contributed by atoms with Crippen LogP contribution in [0.2, 0.25) is 5.02 Å². The van der Waals surface area contributed by atoms with Crippen molar-refractivity contribution in [3.05, 3.63) is 40.7 Å². The monoisotopic (exact) mass is 421 g/mol. The summed E-state index contributed by atoms with van der Waals surface area (Å²) in [7, 11) is 2.09. The molecule has 0 aliphatic carbocycles. The maximum atomic E-state index is 6.11. The normalized spacial score (nSPS) is 18.2. The number of benzene rings is 1. The van der Waals surface area contributed by atoms with Crippen LogP contribution in [0.4, 0.5) is 0 Å². The summed E-state index contributed by atoms with van der Waals surface area (Å²) in [6, 6.07) is 5.91.